The lowest BCUT2D eigenvalue weighted by atomic mass is 10.0. The molecule has 6 heteroatoms. The Morgan fingerprint density at radius 1 is 0.970 bits per heavy atom. The highest BCUT2D eigenvalue weighted by molar-refractivity contribution is 6.31. The number of aliphatic imine (C=N–C) groups is 1. The first kappa shape index (κ1) is 21.2. The third-order valence-electron chi connectivity index (χ3n) is 5.64. The second kappa shape index (κ2) is 9.04. The second-order valence-corrected chi connectivity index (χ2v) is 8.34. The van der Waals surface area contributed by atoms with Crippen molar-refractivity contribution in [3.8, 4) is 16.9 Å². The van der Waals surface area contributed by atoms with Crippen molar-refractivity contribution in [2.75, 3.05) is 19.0 Å². The summed E-state index contributed by atoms with van der Waals surface area (Å²) in [5.74, 6) is 2.19. The van der Waals surface area contributed by atoms with Crippen molar-refractivity contribution >= 4 is 45.8 Å². The van der Waals surface area contributed by atoms with E-state index in [-0.39, 0.29) is 0 Å². The lowest BCUT2D eigenvalue weighted by molar-refractivity contribution is 0.415. The van der Waals surface area contributed by atoms with Crippen molar-refractivity contribution in [1.29, 1.82) is 0 Å². The maximum atomic E-state index is 6.37. The van der Waals surface area contributed by atoms with E-state index in [1.807, 2.05) is 55.6 Å². The molecule has 5 nitrogen and oxygen atoms in total. The largest absolute Gasteiger partial charge is 0.497 e. The summed E-state index contributed by atoms with van der Waals surface area (Å²) in [5, 5.41) is 5.09. The lowest BCUT2D eigenvalue weighted by Gasteiger charge is -2.14. The van der Waals surface area contributed by atoms with E-state index < -0.39 is 0 Å². The molecule has 4 aromatic rings. The second-order valence-electron chi connectivity index (χ2n) is 7.93. The molecule has 5 rings (SSSR count). The number of fused-ring (bicyclic) bond motifs is 1. The number of ether oxygens (including phenoxy) is 1. The molecule has 0 fully saturated rings. The molecule has 2 heterocycles. The van der Waals surface area contributed by atoms with E-state index >= 15 is 0 Å². The van der Waals surface area contributed by atoms with E-state index in [1.54, 1.807) is 7.11 Å². The zero-order chi connectivity index (χ0) is 22.8. The molecule has 0 saturated carbocycles. The molecule has 1 aliphatic heterocycles. The smallest absolute Gasteiger partial charge is 0.163 e. The molecular formula is C27H23ClN4O. The van der Waals surface area contributed by atoms with Crippen LogP contribution in [0.3, 0.4) is 0 Å². The molecule has 1 N–H and O–H groups in total. The number of nitrogens with one attached hydrogen (secondary N) is 1. The Hall–Kier alpha value is -3.70. The molecule has 0 amide bonds. The van der Waals surface area contributed by atoms with Gasteiger partial charge in [0, 0.05) is 34.4 Å². The van der Waals surface area contributed by atoms with Gasteiger partial charge in [-0.05, 0) is 66.4 Å². The zero-order valence-corrected chi connectivity index (χ0v) is 19.2. The van der Waals surface area contributed by atoms with Crippen molar-refractivity contribution < 1.29 is 4.74 Å². The summed E-state index contributed by atoms with van der Waals surface area (Å²) in [7, 11) is 1.67. The van der Waals surface area contributed by atoms with E-state index in [1.165, 1.54) is 0 Å². The van der Waals surface area contributed by atoms with E-state index in [9.17, 15) is 0 Å². The molecule has 33 heavy (non-hydrogen) atoms. The number of dihydropyridines is 1. The topological polar surface area (TPSA) is 59.4 Å². The minimum absolute atomic E-state index is 0.654. The summed E-state index contributed by atoms with van der Waals surface area (Å²) in [6.07, 6.45) is 4.87. The molecule has 1 aromatic heterocycles. The first-order chi connectivity index (χ1) is 16.1. The van der Waals surface area contributed by atoms with Gasteiger partial charge < -0.3 is 10.1 Å². The summed E-state index contributed by atoms with van der Waals surface area (Å²) in [6, 6.07) is 20.1. The molecule has 0 unspecified atom stereocenters. The van der Waals surface area contributed by atoms with E-state index in [0.29, 0.717) is 10.8 Å². The minimum Gasteiger partial charge on any atom is -0.497 e. The molecule has 1 aliphatic rings. The number of aromatic nitrogens is 2. The van der Waals surface area contributed by atoms with Crippen molar-refractivity contribution in [3.05, 3.63) is 83.2 Å². The number of rotatable bonds is 5. The van der Waals surface area contributed by atoms with Crippen LogP contribution in [-0.4, -0.2) is 29.8 Å². The molecule has 0 bridgehead atoms. The fourth-order valence-electron chi connectivity index (χ4n) is 3.80. The molecule has 3 aromatic carbocycles. The zero-order valence-electron chi connectivity index (χ0n) is 18.5. The van der Waals surface area contributed by atoms with Gasteiger partial charge >= 0.3 is 0 Å². The Morgan fingerprint density at radius 2 is 1.85 bits per heavy atom. The van der Waals surface area contributed by atoms with Crippen LogP contribution in [0.15, 0.2) is 71.7 Å². The van der Waals surface area contributed by atoms with Crippen LogP contribution < -0.4 is 10.1 Å². The Labute approximate surface area is 197 Å². The summed E-state index contributed by atoms with van der Waals surface area (Å²) in [4.78, 5) is 14.1. The van der Waals surface area contributed by atoms with Gasteiger partial charge in [-0.2, -0.15) is 0 Å². The summed E-state index contributed by atoms with van der Waals surface area (Å²) in [6.45, 7) is 2.79. The van der Waals surface area contributed by atoms with Gasteiger partial charge in [-0.25, -0.2) is 9.97 Å². The van der Waals surface area contributed by atoms with Crippen molar-refractivity contribution in [2.45, 2.75) is 13.3 Å². The number of allylic oxidation sites excluding steroid dienone is 1. The average Bonchev–Trinajstić information content (AvgIpc) is 2.86. The first-order valence-electron chi connectivity index (χ1n) is 10.8. The fraction of sp³-hybridized carbons (Fsp3) is 0.148. The maximum Gasteiger partial charge on any atom is 0.163 e. The van der Waals surface area contributed by atoms with E-state index in [2.05, 4.69) is 34.6 Å². The van der Waals surface area contributed by atoms with Crippen LogP contribution in [0.25, 0.3) is 27.6 Å². The highest BCUT2D eigenvalue weighted by Crippen LogP contribution is 2.32. The van der Waals surface area contributed by atoms with Crippen LogP contribution >= 0.6 is 11.6 Å². The molecule has 0 radical (unpaired) electrons. The van der Waals surface area contributed by atoms with Crippen LogP contribution in [-0.2, 0) is 0 Å². The standard InChI is InChI=1S/C27H23ClN4O/c1-17-8-10-21(15-24(17)28)30-27-23-14-19(18-5-3-7-22(13-18)33-2)9-11-25(23)31-26(32-27)20-6-4-12-29-16-20/h3,5-11,13-16H,4,12H2,1-2H3,(H,30,31,32). The Balaban J connectivity index is 1.65. The predicted molar refractivity (Wildman–Crippen MR) is 137 cm³/mol. The van der Waals surface area contributed by atoms with Crippen molar-refractivity contribution in [1.82, 2.24) is 9.97 Å². The Kier molecular flexibility index (Phi) is 5.80. The van der Waals surface area contributed by atoms with Crippen molar-refractivity contribution in [2.24, 2.45) is 4.99 Å². The number of hydrogen-bond acceptors (Lipinski definition) is 5. The number of benzene rings is 3. The number of hydrogen-bond donors (Lipinski definition) is 1. The van der Waals surface area contributed by atoms with Gasteiger partial charge in [-0.15, -0.1) is 0 Å². The number of methoxy groups -OCH3 is 1. The summed E-state index contributed by atoms with van der Waals surface area (Å²) < 4.78 is 5.40. The van der Waals surface area contributed by atoms with E-state index in [0.717, 1.165) is 63.4 Å². The quantitative estimate of drug-likeness (QED) is 0.357. The van der Waals surface area contributed by atoms with Gasteiger partial charge in [-0.3, -0.25) is 4.99 Å². The van der Waals surface area contributed by atoms with Crippen LogP contribution in [0.5, 0.6) is 5.75 Å². The van der Waals surface area contributed by atoms with Crippen LogP contribution in [0.4, 0.5) is 11.5 Å². The van der Waals surface area contributed by atoms with Crippen molar-refractivity contribution in [3.63, 3.8) is 0 Å². The summed E-state index contributed by atoms with van der Waals surface area (Å²) in [5.41, 5.74) is 5.80. The van der Waals surface area contributed by atoms with Gasteiger partial charge in [0.2, 0.25) is 0 Å². The monoisotopic (exact) mass is 454 g/mol. The SMILES string of the molecule is COc1cccc(-c2ccc3nc(C4=CCCN=C4)nc(Nc4ccc(C)c(Cl)c4)c3c2)c1. The maximum absolute atomic E-state index is 6.37. The number of aryl methyl sites for hydroxylation is 1. The number of halogens is 1. The molecule has 0 aliphatic carbocycles. The first-order valence-corrected chi connectivity index (χ1v) is 11.2. The van der Waals surface area contributed by atoms with Gasteiger partial charge in [0.15, 0.2) is 5.82 Å². The Bertz CT molecular complexity index is 1410. The number of anilines is 2. The van der Waals surface area contributed by atoms with Crippen LogP contribution in [0.2, 0.25) is 5.02 Å². The van der Waals surface area contributed by atoms with Gasteiger partial charge in [-0.1, -0.05) is 41.9 Å². The average molecular weight is 455 g/mol. The number of nitrogens with zero attached hydrogens (tertiary/aromatic N) is 3. The van der Waals surface area contributed by atoms with Gasteiger partial charge in [0.05, 0.1) is 12.6 Å². The Morgan fingerprint density at radius 3 is 2.64 bits per heavy atom. The van der Waals surface area contributed by atoms with Crippen LogP contribution in [0, 0.1) is 6.92 Å². The molecule has 0 saturated heterocycles. The molecule has 0 spiro atoms. The third kappa shape index (κ3) is 4.45. The van der Waals surface area contributed by atoms with Gasteiger partial charge in [0.25, 0.3) is 0 Å². The lowest BCUT2D eigenvalue weighted by Crippen LogP contribution is -2.04. The van der Waals surface area contributed by atoms with E-state index in [4.69, 9.17) is 26.3 Å². The predicted octanol–water partition coefficient (Wildman–Crippen LogP) is 6.87. The third-order valence-corrected chi connectivity index (χ3v) is 6.05. The van der Waals surface area contributed by atoms with Gasteiger partial charge in [0.1, 0.15) is 11.6 Å². The molecule has 164 valence electrons. The minimum atomic E-state index is 0.654. The molecule has 0 atom stereocenters. The normalized spacial score (nSPS) is 13.1. The fourth-order valence-corrected chi connectivity index (χ4v) is 3.98. The summed E-state index contributed by atoms with van der Waals surface area (Å²) >= 11 is 6.37. The highest BCUT2D eigenvalue weighted by atomic mass is 35.5. The van der Waals surface area contributed by atoms with Crippen LogP contribution in [0.1, 0.15) is 17.8 Å². The highest BCUT2D eigenvalue weighted by Gasteiger charge is 2.14. The molecular weight excluding hydrogens is 432 g/mol.